The van der Waals surface area contributed by atoms with Crippen LogP contribution in [0.25, 0.3) is 17.4 Å². The highest BCUT2D eigenvalue weighted by Gasteiger charge is 2.29. The number of ether oxygens (including phenoxy) is 1. The first-order valence-electron chi connectivity index (χ1n) is 10.0. The van der Waals surface area contributed by atoms with Gasteiger partial charge in [-0.2, -0.15) is 10.1 Å². The summed E-state index contributed by atoms with van der Waals surface area (Å²) in [4.78, 5) is 24.0. The number of hydrazone groups is 1. The zero-order valence-corrected chi connectivity index (χ0v) is 17.9. The van der Waals surface area contributed by atoms with Crippen molar-refractivity contribution in [1.29, 1.82) is 0 Å². The maximum Gasteiger partial charge on any atom is 0.284 e. The molecule has 0 saturated carbocycles. The van der Waals surface area contributed by atoms with Gasteiger partial charge in [-0.3, -0.25) is 14.9 Å². The first kappa shape index (κ1) is 21.0. The predicted molar refractivity (Wildman–Crippen MR) is 122 cm³/mol. The predicted octanol–water partition coefficient (Wildman–Crippen LogP) is 5.23. The van der Waals surface area contributed by atoms with Gasteiger partial charge in [-0.05, 0) is 61.4 Å². The molecular formula is C24H21N3O5. The van der Waals surface area contributed by atoms with Crippen LogP contribution in [-0.4, -0.2) is 23.7 Å². The summed E-state index contributed by atoms with van der Waals surface area (Å²) in [5.74, 6) is 0.828. The lowest BCUT2D eigenvalue weighted by Crippen LogP contribution is -2.21. The molecule has 162 valence electrons. The number of benzene rings is 2. The molecule has 3 aromatic rings. The number of rotatable bonds is 6. The molecule has 32 heavy (non-hydrogen) atoms. The quantitative estimate of drug-likeness (QED) is 0.302. The van der Waals surface area contributed by atoms with Gasteiger partial charge >= 0.3 is 0 Å². The molecule has 0 spiro atoms. The standard InChI is InChI=1S/C24H21N3O5/c1-4-16-5-7-17(8-6-16)26-24(28)21(15(2)25-26)13-19-10-12-23(32-19)20-11-9-18(31-3)14-22(20)27(29)30/h5-14H,4H2,1-3H3. The van der Waals surface area contributed by atoms with Crippen LogP contribution in [0.15, 0.2) is 69.7 Å². The molecule has 0 aliphatic carbocycles. The van der Waals surface area contributed by atoms with Crippen LogP contribution >= 0.6 is 0 Å². The molecule has 4 rings (SSSR count). The lowest BCUT2D eigenvalue weighted by Gasteiger charge is -2.12. The highest BCUT2D eigenvalue weighted by Crippen LogP contribution is 2.35. The summed E-state index contributed by atoms with van der Waals surface area (Å²) in [5, 5.41) is 17.2. The number of amides is 1. The van der Waals surface area contributed by atoms with Crippen LogP contribution in [0.2, 0.25) is 0 Å². The average Bonchev–Trinajstić information content (AvgIpc) is 3.39. The number of anilines is 1. The van der Waals surface area contributed by atoms with Crippen molar-refractivity contribution in [3.63, 3.8) is 0 Å². The minimum atomic E-state index is -0.489. The van der Waals surface area contributed by atoms with E-state index in [0.717, 1.165) is 6.42 Å². The van der Waals surface area contributed by atoms with E-state index in [0.29, 0.717) is 39.8 Å². The van der Waals surface area contributed by atoms with Crippen LogP contribution in [0, 0.1) is 10.1 Å². The van der Waals surface area contributed by atoms with E-state index in [1.54, 1.807) is 37.3 Å². The zero-order valence-electron chi connectivity index (χ0n) is 17.9. The Kier molecular flexibility index (Phi) is 5.59. The number of hydrogen-bond acceptors (Lipinski definition) is 6. The third kappa shape index (κ3) is 3.90. The molecule has 0 unspecified atom stereocenters. The Labute approximate surface area is 184 Å². The molecule has 2 heterocycles. The molecule has 0 N–H and O–H groups in total. The number of nitro groups is 1. The zero-order chi connectivity index (χ0) is 22.8. The second kappa shape index (κ2) is 8.50. The monoisotopic (exact) mass is 431 g/mol. The fourth-order valence-corrected chi connectivity index (χ4v) is 3.45. The maximum absolute atomic E-state index is 13.0. The maximum atomic E-state index is 13.0. The van der Waals surface area contributed by atoms with E-state index in [4.69, 9.17) is 9.15 Å². The molecule has 0 fully saturated rings. The minimum absolute atomic E-state index is 0.130. The van der Waals surface area contributed by atoms with Crippen molar-refractivity contribution in [2.75, 3.05) is 12.1 Å². The van der Waals surface area contributed by atoms with Crippen LogP contribution in [-0.2, 0) is 11.2 Å². The summed E-state index contributed by atoms with van der Waals surface area (Å²) in [6.07, 6.45) is 2.51. The smallest absolute Gasteiger partial charge is 0.284 e. The molecule has 0 radical (unpaired) electrons. The van der Waals surface area contributed by atoms with Gasteiger partial charge in [0.1, 0.15) is 17.3 Å². The van der Waals surface area contributed by atoms with Gasteiger partial charge in [-0.15, -0.1) is 0 Å². The van der Waals surface area contributed by atoms with Crippen LogP contribution in [0.1, 0.15) is 25.2 Å². The molecular weight excluding hydrogens is 410 g/mol. The van der Waals surface area contributed by atoms with Crippen LogP contribution < -0.4 is 9.75 Å². The Bertz CT molecular complexity index is 1250. The highest BCUT2D eigenvalue weighted by atomic mass is 16.6. The fourth-order valence-electron chi connectivity index (χ4n) is 3.45. The van der Waals surface area contributed by atoms with Gasteiger partial charge in [0.25, 0.3) is 11.6 Å². The first-order chi connectivity index (χ1) is 15.4. The Morgan fingerprint density at radius 2 is 1.91 bits per heavy atom. The Morgan fingerprint density at radius 1 is 1.16 bits per heavy atom. The lowest BCUT2D eigenvalue weighted by atomic mass is 10.1. The van der Waals surface area contributed by atoms with Crippen molar-refractivity contribution in [2.45, 2.75) is 20.3 Å². The Hall–Kier alpha value is -4.20. The lowest BCUT2D eigenvalue weighted by molar-refractivity contribution is -0.384. The van der Waals surface area contributed by atoms with Gasteiger partial charge in [0.15, 0.2) is 0 Å². The van der Waals surface area contributed by atoms with E-state index in [1.807, 2.05) is 24.3 Å². The molecule has 8 nitrogen and oxygen atoms in total. The SMILES string of the molecule is CCc1ccc(N2N=C(C)C(=Cc3ccc(-c4ccc(OC)cc4[N+](=O)[O-])o3)C2=O)cc1. The molecule has 1 aliphatic heterocycles. The third-order valence-electron chi connectivity index (χ3n) is 5.23. The molecule has 0 atom stereocenters. The second-order valence-corrected chi connectivity index (χ2v) is 7.22. The van der Waals surface area contributed by atoms with Crippen molar-refractivity contribution >= 4 is 29.1 Å². The number of furan rings is 1. The van der Waals surface area contributed by atoms with Crippen molar-refractivity contribution in [2.24, 2.45) is 5.10 Å². The van der Waals surface area contributed by atoms with Crippen LogP contribution in [0.5, 0.6) is 5.75 Å². The van der Waals surface area contributed by atoms with Gasteiger partial charge in [-0.25, -0.2) is 0 Å². The Balaban J connectivity index is 1.63. The van der Waals surface area contributed by atoms with Crippen LogP contribution in [0.4, 0.5) is 11.4 Å². The summed E-state index contributed by atoms with van der Waals surface area (Å²) in [7, 11) is 1.44. The molecule has 8 heteroatoms. The van der Waals surface area contributed by atoms with Gasteiger partial charge in [0.05, 0.1) is 40.6 Å². The van der Waals surface area contributed by atoms with Crippen molar-refractivity contribution in [1.82, 2.24) is 0 Å². The summed E-state index contributed by atoms with van der Waals surface area (Å²) in [6.45, 7) is 3.82. The summed E-state index contributed by atoms with van der Waals surface area (Å²) in [5.41, 5.74) is 3.00. The summed E-state index contributed by atoms with van der Waals surface area (Å²) in [6, 6.07) is 15.5. The van der Waals surface area contributed by atoms with E-state index >= 15 is 0 Å². The molecule has 2 aromatic carbocycles. The molecule has 1 aliphatic rings. The molecule has 1 amide bonds. The number of methoxy groups -OCH3 is 1. The summed E-state index contributed by atoms with van der Waals surface area (Å²) >= 11 is 0. The molecule has 1 aromatic heterocycles. The van der Waals surface area contributed by atoms with Crippen LogP contribution in [0.3, 0.4) is 0 Å². The number of nitro benzene ring substituents is 1. The average molecular weight is 431 g/mol. The van der Waals surface area contributed by atoms with Crippen molar-refractivity contribution < 1.29 is 18.9 Å². The van der Waals surface area contributed by atoms with E-state index in [2.05, 4.69) is 12.0 Å². The number of nitrogens with zero attached hydrogens (tertiary/aromatic N) is 3. The van der Waals surface area contributed by atoms with Gasteiger partial charge in [0.2, 0.25) is 0 Å². The van der Waals surface area contributed by atoms with Gasteiger partial charge in [0, 0.05) is 0 Å². The third-order valence-corrected chi connectivity index (χ3v) is 5.23. The topological polar surface area (TPSA) is 98.2 Å². The molecule has 0 saturated heterocycles. The fraction of sp³-hybridized carbons (Fsp3) is 0.167. The number of carbonyl (C=O) groups is 1. The number of carbonyl (C=O) groups excluding carboxylic acids is 1. The van der Waals surface area contributed by atoms with Crippen molar-refractivity contribution in [3.05, 3.63) is 81.6 Å². The summed E-state index contributed by atoms with van der Waals surface area (Å²) < 4.78 is 10.9. The largest absolute Gasteiger partial charge is 0.497 e. The van der Waals surface area contributed by atoms with Gasteiger partial charge < -0.3 is 9.15 Å². The number of hydrogen-bond donors (Lipinski definition) is 0. The van der Waals surface area contributed by atoms with Gasteiger partial charge in [-0.1, -0.05) is 19.1 Å². The Morgan fingerprint density at radius 3 is 2.56 bits per heavy atom. The van der Waals surface area contributed by atoms with E-state index in [-0.39, 0.29) is 11.6 Å². The molecule has 0 bridgehead atoms. The van der Waals surface area contributed by atoms with E-state index in [1.165, 1.54) is 23.7 Å². The van der Waals surface area contributed by atoms with Crippen molar-refractivity contribution in [3.8, 4) is 17.1 Å². The van der Waals surface area contributed by atoms with E-state index < -0.39 is 4.92 Å². The minimum Gasteiger partial charge on any atom is -0.497 e. The second-order valence-electron chi connectivity index (χ2n) is 7.22. The van der Waals surface area contributed by atoms with E-state index in [9.17, 15) is 14.9 Å². The first-order valence-corrected chi connectivity index (χ1v) is 10.0. The highest BCUT2D eigenvalue weighted by molar-refractivity contribution is 6.32. The normalized spacial score (nSPS) is 14.7. The number of aryl methyl sites for hydroxylation is 1.